The Morgan fingerprint density at radius 3 is 2.65 bits per heavy atom. The Morgan fingerprint density at radius 2 is 1.96 bits per heavy atom. The lowest BCUT2D eigenvalue weighted by molar-refractivity contribution is -0.384. The van der Waals surface area contributed by atoms with Gasteiger partial charge in [0.15, 0.2) is 0 Å². The van der Waals surface area contributed by atoms with Crippen molar-refractivity contribution in [1.29, 1.82) is 0 Å². The average molecular weight is 353 g/mol. The number of esters is 1. The van der Waals surface area contributed by atoms with Crippen LogP contribution in [0.4, 0.5) is 5.69 Å². The Labute approximate surface area is 150 Å². The van der Waals surface area contributed by atoms with Crippen molar-refractivity contribution >= 4 is 22.7 Å². The van der Waals surface area contributed by atoms with Crippen molar-refractivity contribution in [2.45, 2.75) is 25.8 Å². The highest BCUT2D eigenvalue weighted by atomic mass is 16.6. The van der Waals surface area contributed by atoms with Crippen molar-refractivity contribution in [2.24, 2.45) is 0 Å². The number of nitrogens with zero attached hydrogens (tertiary/aromatic N) is 3. The molecule has 0 aliphatic carbocycles. The second-order valence-electron chi connectivity index (χ2n) is 5.92. The highest BCUT2D eigenvalue weighted by molar-refractivity contribution is 5.79. The van der Waals surface area contributed by atoms with Crippen LogP contribution in [-0.4, -0.2) is 27.6 Å². The van der Waals surface area contributed by atoms with Crippen LogP contribution < -0.4 is 0 Å². The molecule has 0 N–H and O–H groups in total. The molecular weight excluding hydrogens is 334 g/mol. The van der Waals surface area contributed by atoms with Crippen LogP contribution in [0.5, 0.6) is 0 Å². The van der Waals surface area contributed by atoms with E-state index < -0.39 is 4.92 Å². The van der Waals surface area contributed by atoms with E-state index in [1.807, 2.05) is 34.9 Å². The van der Waals surface area contributed by atoms with Crippen LogP contribution in [0, 0.1) is 10.1 Å². The fourth-order valence-corrected chi connectivity index (χ4v) is 2.92. The van der Waals surface area contributed by atoms with Gasteiger partial charge in [0.2, 0.25) is 0 Å². The summed E-state index contributed by atoms with van der Waals surface area (Å²) in [6, 6.07) is 14.6. The van der Waals surface area contributed by atoms with E-state index in [4.69, 9.17) is 4.74 Å². The molecule has 0 fully saturated rings. The van der Waals surface area contributed by atoms with Gasteiger partial charge in [-0.3, -0.25) is 14.9 Å². The summed E-state index contributed by atoms with van der Waals surface area (Å²) < 4.78 is 6.66. The molecule has 0 atom stereocenters. The molecule has 0 saturated carbocycles. The molecule has 7 nitrogen and oxygen atoms in total. The van der Waals surface area contributed by atoms with Crippen LogP contribution in [0.2, 0.25) is 0 Å². The van der Waals surface area contributed by atoms with Gasteiger partial charge in [0.1, 0.15) is 5.82 Å². The predicted octanol–water partition coefficient (Wildman–Crippen LogP) is 3.29. The van der Waals surface area contributed by atoms with Gasteiger partial charge in [-0.1, -0.05) is 30.3 Å². The zero-order valence-corrected chi connectivity index (χ0v) is 14.4. The maximum absolute atomic E-state index is 11.5. The first-order valence-corrected chi connectivity index (χ1v) is 8.33. The average Bonchev–Trinajstić information content (AvgIpc) is 3.01. The van der Waals surface area contributed by atoms with Crippen molar-refractivity contribution < 1.29 is 14.5 Å². The molecular formula is C19H19N3O4. The molecule has 134 valence electrons. The van der Waals surface area contributed by atoms with Crippen molar-refractivity contribution in [3.8, 4) is 0 Å². The molecule has 0 radical (unpaired) electrons. The Morgan fingerprint density at radius 1 is 1.19 bits per heavy atom. The largest absolute Gasteiger partial charge is 0.469 e. The third kappa shape index (κ3) is 3.88. The van der Waals surface area contributed by atoms with Crippen molar-refractivity contribution in [2.75, 3.05) is 7.11 Å². The molecule has 1 heterocycles. The molecule has 0 unspecified atom stereocenters. The van der Waals surface area contributed by atoms with Crippen molar-refractivity contribution in [1.82, 2.24) is 9.55 Å². The summed E-state index contributed by atoms with van der Waals surface area (Å²) in [4.78, 5) is 26.7. The van der Waals surface area contributed by atoms with Crippen molar-refractivity contribution in [3.05, 3.63) is 70.0 Å². The van der Waals surface area contributed by atoms with Gasteiger partial charge < -0.3 is 9.30 Å². The number of imidazole rings is 1. The fourth-order valence-electron chi connectivity index (χ4n) is 2.92. The van der Waals surface area contributed by atoms with E-state index >= 15 is 0 Å². The smallest absolute Gasteiger partial charge is 0.305 e. The van der Waals surface area contributed by atoms with Crippen LogP contribution in [0.25, 0.3) is 11.0 Å². The molecule has 2 aromatic carbocycles. The topological polar surface area (TPSA) is 87.3 Å². The van der Waals surface area contributed by atoms with E-state index in [0.29, 0.717) is 24.0 Å². The van der Waals surface area contributed by atoms with E-state index in [1.54, 1.807) is 6.07 Å². The van der Waals surface area contributed by atoms with Crippen molar-refractivity contribution in [3.63, 3.8) is 0 Å². The first kappa shape index (κ1) is 17.6. The SMILES string of the molecule is COC(=O)CCc1nc2ccc([N+](=O)[O-])cc2n1CCc1ccccc1. The second kappa shape index (κ2) is 7.77. The van der Waals surface area contributed by atoms with Crippen LogP contribution in [-0.2, 0) is 28.9 Å². The number of carbonyl (C=O) groups excluding carboxylic acids is 1. The van der Waals surface area contributed by atoms with E-state index in [2.05, 4.69) is 4.98 Å². The molecule has 1 aromatic heterocycles. The molecule has 7 heteroatoms. The normalized spacial score (nSPS) is 10.8. The lowest BCUT2D eigenvalue weighted by atomic mass is 10.1. The van der Waals surface area contributed by atoms with Crippen LogP contribution >= 0.6 is 0 Å². The predicted molar refractivity (Wildman–Crippen MR) is 96.9 cm³/mol. The third-order valence-corrected chi connectivity index (χ3v) is 4.27. The fraction of sp³-hybridized carbons (Fsp3) is 0.263. The standard InChI is InChI=1S/C19H19N3O4/c1-26-19(23)10-9-18-20-16-8-7-15(22(24)25)13-17(16)21(18)12-11-14-5-3-2-4-6-14/h2-8,13H,9-12H2,1H3. The molecule has 0 saturated heterocycles. The molecule has 0 amide bonds. The number of aryl methyl sites for hydroxylation is 3. The minimum absolute atomic E-state index is 0.0258. The zero-order chi connectivity index (χ0) is 18.5. The van der Waals surface area contributed by atoms with Crippen LogP contribution in [0.3, 0.4) is 0 Å². The summed E-state index contributed by atoms with van der Waals surface area (Å²) in [6.07, 6.45) is 1.40. The number of non-ortho nitro benzene ring substituents is 1. The highest BCUT2D eigenvalue weighted by Crippen LogP contribution is 2.23. The number of benzene rings is 2. The molecule has 26 heavy (non-hydrogen) atoms. The number of ether oxygens (including phenoxy) is 1. The van der Waals surface area contributed by atoms with E-state index in [-0.39, 0.29) is 18.1 Å². The number of carbonyl (C=O) groups is 1. The lowest BCUT2D eigenvalue weighted by Gasteiger charge is -2.09. The number of nitro groups is 1. The molecule has 3 rings (SSSR count). The van der Waals surface area contributed by atoms with Gasteiger partial charge in [0.05, 0.1) is 29.5 Å². The minimum atomic E-state index is -0.415. The Hall–Kier alpha value is -3.22. The first-order valence-electron chi connectivity index (χ1n) is 8.33. The number of aromatic nitrogens is 2. The molecule has 0 spiro atoms. The number of hydrogen-bond acceptors (Lipinski definition) is 5. The van der Waals surface area contributed by atoms with E-state index in [1.165, 1.54) is 24.8 Å². The van der Waals surface area contributed by atoms with Gasteiger partial charge in [-0.2, -0.15) is 0 Å². The van der Waals surface area contributed by atoms with Crippen LogP contribution in [0.1, 0.15) is 17.8 Å². The molecule has 0 aliphatic heterocycles. The zero-order valence-electron chi connectivity index (χ0n) is 14.4. The maximum Gasteiger partial charge on any atom is 0.305 e. The molecule has 3 aromatic rings. The number of nitro benzene ring substituents is 1. The molecule has 0 aliphatic rings. The summed E-state index contributed by atoms with van der Waals surface area (Å²) in [6.45, 7) is 0.623. The summed E-state index contributed by atoms with van der Waals surface area (Å²) >= 11 is 0. The van der Waals surface area contributed by atoms with Gasteiger partial charge in [-0.05, 0) is 18.1 Å². The summed E-state index contributed by atoms with van der Waals surface area (Å²) in [5.41, 5.74) is 2.58. The Balaban J connectivity index is 1.95. The summed E-state index contributed by atoms with van der Waals surface area (Å²) in [7, 11) is 1.35. The van der Waals surface area contributed by atoms with Crippen LogP contribution in [0.15, 0.2) is 48.5 Å². The summed E-state index contributed by atoms with van der Waals surface area (Å²) in [5.74, 6) is 0.416. The maximum atomic E-state index is 11.5. The number of methoxy groups -OCH3 is 1. The Kier molecular flexibility index (Phi) is 5.26. The van der Waals surface area contributed by atoms with Gasteiger partial charge in [0, 0.05) is 25.1 Å². The lowest BCUT2D eigenvalue weighted by Crippen LogP contribution is -2.09. The van der Waals surface area contributed by atoms with Gasteiger partial charge in [-0.25, -0.2) is 4.98 Å². The second-order valence-corrected chi connectivity index (χ2v) is 5.92. The molecule has 0 bridgehead atoms. The van der Waals surface area contributed by atoms with Gasteiger partial charge in [-0.15, -0.1) is 0 Å². The van der Waals surface area contributed by atoms with E-state index in [9.17, 15) is 14.9 Å². The first-order chi connectivity index (χ1) is 12.6. The minimum Gasteiger partial charge on any atom is -0.469 e. The van der Waals surface area contributed by atoms with Gasteiger partial charge in [0.25, 0.3) is 5.69 Å². The Bertz CT molecular complexity index is 935. The van der Waals surface area contributed by atoms with E-state index in [0.717, 1.165) is 12.2 Å². The van der Waals surface area contributed by atoms with Gasteiger partial charge >= 0.3 is 5.97 Å². The number of fused-ring (bicyclic) bond motifs is 1. The summed E-state index contributed by atoms with van der Waals surface area (Å²) in [5, 5.41) is 11.1. The highest BCUT2D eigenvalue weighted by Gasteiger charge is 2.16. The third-order valence-electron chi connectivity index (χ3n) is 4.27. The number of rotatable bonds is 7. The number of hydrogen-bond donors (Lipinski definition) is 0. The quantitative estimate of drug-likeness (QED) is 0.369. The monoisotopic (exact) mass is 353 g/mol.